The van der Waals surface area contributed by atoms with Gasteiger partial charge in [0.15, 0.2) is 0 Å². The van der Waals surface area contributed by atoms with Crippen LogP contribution in [0.5, 0.6) is 5.75 Å². The molecule has 2 aliphatic carbocycles. The van der Waals surface area contributed by atoms with E-state index in [1.165, 1.54) is 25.7 Å². The predicted molar refractivity (Wildman–Crippen MR) is 76.5 cm³/mol. The zero-order chi connectivity index (χ0) is 12.5. The summed E-state index contributed by atoms with van der Waals surface area (Å²) in [4.78, 5) is 0. The van der Waals surface area contributed by atoms with Gasteiger partial charge in [0.25, 0.3) is 0 Å². The second-order valence-corrected chi connectivity index (χ2v) is 6.66. The molecule has 0 spiro atoms. The SMILES string of the molecule is Oc1ccc(Br)cc1CNCC(C1CC1)C1CC1. The summed E-state index contributed by atoms with van der Waals surface area (Å²) >= 11 is 3.44. The maximum absolute atomic E-state index is 9.78. The fourth-order valence-electron chi connectivity index (χ4n) is 2.84. The van der Waals surface area contributed by atoms with Gasteiger partial charge in [-0.2, -0.15) is 0 Å². The van der Waals surface area contributed by atoms with Gasteiger partial charge in [0, 0.05) is 16.6 Å². The van der Waals surface area contributed by atoms with Gasteiger partial charge >= 0.3 is 0 Å². The average Bonchev–Trinajstić information content (AvgIpc) is 3.22. The largest absolute Gasteiger partial charge is 0.508 e. The first-order chi connectivity index (χ1) is 8.74. The van der Waals surface area contributed by atoms with E-state index in [1.807, 2.05) is 12.1 Å². The molecule has 0 atom stereocenters. The smallest absolute Gasteiger partial charge is 0.120 e. The monoisotopic (exact) mass is 309 g/mol. The summed E-state index contributed by atoms with van der Waals surface area (Å²) in [6.45, 7) is 1.88. The van der Waals surface area contributed by atoms with Gasteiger partial charge in [0.05, 0.1) is 0 Å². The second-order valence-electron chi connectivity index (χ2n) is 5.74. The molecule has 2 fully saturated rings. The molecule has 0 radical (unpaired) electrons. The third kappa shape index (κ3) is 3.07. The van der Waals surface area contributed by atoms with Crippen LogP contribution in [0.15, 0.2) is 22.7 Å². The van der Waals surface area contributed by atoms with E-state index < -0.39 is 0 Å². The number of nitrogens with one attached hydrogen (secondary N) is 1. The van der Waals surface area contributed by atoms with E-state index in [0.29, 0.717) is 5.75 Å². The van der Waals surface area contributed by atoms with Crippen LogP contribution in [0.4, 0.5) is 0 Å². The van der Waals surface area contributed by atoms with Crippen molar-refractivity contribution in [3.63, 3.8) is 0 Å². The van der Waals surface area contributed by atoms with Gasteiger partial charge < -0.3 is 10.4 Å². The van der Waals surface area contributed by atoms with Crippen molar-refractivity contribution in [2.75, 3.05) is 6.54 Å². The Bertz CT molecular complexity index is 415. The Kier molecular flexibility index (Phi) is 3.62. The topological polar surface area (TPSA) is 32.3 Å². The number of hydrogen-bond donors (Lipinski definition) is 2. The predicted octanol–water partition coefficient (Wildman–Crippen LogP) is 3.68. The van der Waals surface area contributed by atoms with Crippen molar-refractivity contribution in [1.82, 2.24) is 5.32 Å². The zero-order valence-corrected chi connectivity index (χ0v) is 12.1. The van der Waals surface area contributed by atoms with E-state index >= 15 is 0 Å². The molecule has 1 aromatic rings. The molecule has 2 aliphatic rings. The Hall–Kier alpha value is -0.540. The van der Waals surface area contributed by atoms with Crippen LogP contribution in [0.3, 0.4) is 0 Å². The molecule has 2 N–H and O–H groups in total. The molecule has 1 aromatic carbocycles. The van der Waals surface area contributed by atoms with E-state index in [1.54, 1.807) is 6.07 Å². The fraction of sp³-hybridized carbons (Fsp3) is 0.600. The van der Waals surface area contributed by atoms with Crippen molar-refractivity contribution < 1.29 is 5.11 Å². The van der Waals surface area contributed by atoms with Crippen LogP contribution in [-0.2, 0) is 6.54 Å². The number of rotatable bonds is 6. The van der Waals surface area contributed by atoms with Crippen molar-refractivity contribution in [2.24, 2.45) is 17.8 Å². The fourth-order valence-corrected chi connectivity index (χ4v) is 3.24. The van der Waals surface area contributed by atoms with E-state index in [0.717, 1.165) is 40.9 Å². The van der Waals surface area contributed by atoms with Crippen LogP contribution >= 0.6 is 15.9 Å². The van der Waals surface area contributed by atoms with Crippen LogP contribution < -0.4 is 5.32 Å². The van der Waals surface area contributed by atoms with Gasteiger partial charge in [-0.1, -0.05) is 15.9 Å². The molecule has 3 rings (SSSR count). The summed E-state index contributed by atoms with van der Waals surface area (Å²) in [5.41, 5.74) is 0.981. The molecule has 0 aromatic heterocycles. The zero-order valence-electron chi connectivity index (χ0n) is 10.5. The summed E-state index contributed by atoms with van der Waals surface area (Å²) in [5.74, 6) is 3.25. The van der Waals surface area contributed by atoms with Gasteiger partial charge in [0.2, 0.25) is 0 Å². The maximum Gasteiger partial charge on any atom is 0.120 e. The number of phenolic OH excluding ortho intramolecular Hbond substituents is 1. The summed E-state index contributed by atoms with van der Waals surface area (Å²) in [7, 11) is 0. The quantitative estimate of drug-likeness (QED) is 0.840. The van der Waals surface area contributed by atoms with E-state index in [4.69, 9.17) is 0 Å². The lowest BCUT2D eigenvalue weighted by Gasteiger charge is -2.16. The number of hydrogen-bond acceptors (Lipinski definition) is 2. The molecular weight excluding hydrogens is 290 g/mol. The number of halogens is 1. The highest BCUT2D eigenvalue weighted by Crippen LogP contribution is 2.48. The molecule has 0 unspecified atom stereocenters. The summed E-state index contributed by atoms with van der Waals surface area (Å²) in [5, 5.41) is 13.3. The van der Waals surface area contributed by atoms with Crippen molar-refractivity contribution in [3.8, 4) is 5.75 Å². The summed E-state index contributed by atoms with van der Waals surface area (Å²) in [6.07, 6.45) is 5.74. The Morgan fingerprint density at radius 3 is 2.50 bits per heavy atom. The molecule has 0 aliphatic heterocycles. The highest BCUT2D eigenvalue weighted by atomic mass is 79.9. The number of phenols is 1. The maximum atomic E-state index is 9.78. The molecule has 3 heteroatoms. The van der Waals surface area contributed by atoms with E-state index in [2.05, 4.69) is 21.2 Å². The molecule has 98 valence electrons. The van der Waals surface area contributed by atoms with Gasteiger partial charge in [-0.15, -0.1) is 0 Å². The Morgan fingerprint density at radius 2 is 1.89 bits per heavy atom. The molecule has 2 nitrogen and oxygen atoms in total. The Balaban J connectivity index is 1.52. The van der Waals surface area contributed by atoms with Crippen molar-refractivity contribution >= 4 is 15.9 Å². The van der Waals surface area contributed by atoms with Crippen molar-refractivity contribution in [3.05, 3.63) is 28.2 Å². The number of benzene rings is 1. The van der Waals surface area contributed by atoms with Crippen LogP contribution in [0.1, 0.15) is 31.2 Å². The van der Waals surface area contributed by atoms with E-state index in [9.17, 15) is 5.11 Å². The third-order valence-electron chi connectivity index (χ3n) is 4.19. The highest BCUT2D eigenvalue weighted by Gasteiger charge is 2.40. The summed E-state index contributed by atoms with van der Waals surface area (Å²) in [6, 6.07) is 5.61. The molecule has 0 amide bonds. The first-order valence-electron chi connectivity index (χ1n) is 6.92. The first-order valence-corrected chi connectivity index (χ1v) is 7.71. The second kappa shape index (κ2) is 5.22. The van der Waals surface area contributed by atoms with Crippen molar-refractivity contribution in [1.29, 1.82) is 0 Å². The Morgan fingerprint density at radius 1 is 1.22 bits per heavy atom. The lowest BCUT2D eigenvalue weighted by atomic mass is 9.98. The minimum Gasteiger partial charge on any atom is -0.508 e. The van der Waals surface area contributed by atoms with Crippen LogP contribution in [0.2, 0.25) is 0 Å². The molecular formula is C15H20BrNO. The molecule has 18 heavy (non-hydrogen) atoms. The minimum absolute atomic E-state index is 0.389. The summed E-state index contributed by atoms with van der Waals surface area (Å²) < 4.78 is 1.03. The molecule has 2 saturated carbocycles. The van der Waals surface area contributed by atoms with Crippen molar-refractivity contribution in [2.45, 2.75) is 32.2 Å². The first kappa shape index (κ1) is 12.5. The minimum atomic E-state index is 0.389. The van der Waals surface area contributed by atoms with Crippen LogP contribution in [-0.4, -0.2) is 11.7 Å². The van der Waals surface area contributed by atoms with Gasteiger partial charge in [-0.25, -0.2) is 0 Å². The van der Waals surface area contributed by atoms with Gasteiger partial charge in [0.1, 0.15) is 5.75 Å². The highest BCUT2D eigenvalue weighted by molar-refractivity contribution is 9.10. The van der Waals surface area contributed by atoms with Gasteiger partial charge in [-0.05, 0) is 68.2 Å². The molecule has 0 saturated heterocycles. The lowest BCUT2D eigenvalue weighted by Crippen LogP contribution is -2.25. The van der Waals surface area contributed by atoms with Crippen LogP contribution in [0.25, 0.3) is 0 Å². The van der Waals surface area contributed by atoms with E-state index in [-0.39, 0.29) is 0 Å². The van der Waals surface area contributed by atoms with Gasteiger partial charge in [-0.3, -0.25) is 0 Å². The lowest BCUT2D eigenvalue weighted by molar-refractivity contribution is 0.376. The average molecular weight is 310 g/mol. The van der Waals surface area contributed by atoms with Crippen LogP contribution in [0, 0.1) is 17.8 Å². The number of aromatic hydroxyl groups is 1. The Labute approximate surface area is 117 Å². The standard InChI is InChI=1S/C15H20BrNO/c16-13-5-6-15(18)12(7-13)8-17-9-14(10-1-2-10)11-3-4-11/h5-7,10-11,14,17-18H,1-4,8-9H2. The third-order valence-corrected chi connectivity index (χ3v) is 4.69. The normalized spacial score (nSPS) is 19.4. The molecule has 0 heterocycles. The molecule has 0 bridgehead atoms.